The van der Waals surface area contributed by atoms with Gasteiger partial charge >= 0.3 is 0 Å². The Morgan fingerprint density at radius 3 is 2.00 bits per heavy atom. The predicted octanol–water partition coefficient (Wildman–Crippen LogP) is 2.80. The normalized spacial score (nSPS) is 27.7. The zero-order valence-electron chi connectivity index (χ0n) is 9.35. The summed E-state index contributed by atoms with van der Waals surface area (Å²) in [4.78, 5) is 0. The number of hydrogen-bond donors (Lipinski definition) is 0. The van der Waals surface area contributed by atoms with Gasteiger partial charge in [-0.05, 0) is 25.1 Å². The molecule has 1 unspecified atom stereocenters. The third-order valence-electron chi connectivity index (χ3n) is 3.25. The average Bonchev–Trinajstić information content (AvgIpc) is 2.88. The summed E-state index contributed by atoms with van der Waals surface area (Å²) < 4.78 is 11.4. The van der Waals surface area contributed by atoms with Gasteiger partial charge in [0.05, 0.1) is 13.2 Å². The van der Waals surface area contributed by atoms with E-state index in [-0.39, 0.29) is 5.60 Å². The summed E-state index contributed by atoms with van der Waals surface area (Å²) in [5, 5.41) is 0. The van der Waals surface area contributed by atoms with Crippen LogP contribution in [0, 0.1) is 0 Å². The van der Waals surface area contributed by atoms with Crippen LogP contribution in [0.25, 0.3) is 0 Å². The van der Waals surface area contributed by atoms with Crippen LogP contribution in [0.3, 0.4) is 0 Å². The van der Waals surface area contributed by atoms with E-state index in [0.717, 1.165) is 13.2 Å². The molecule has 0 aromatic carbocycles. The van der Waals surface area contributed by atoms with Crippen molar-refractivity contribution in [3.8, 4) is 0 Å². The van der Waals surface area contributed by atoms with Crippen LogP contribution >= 0.6 is 0 Å². The van der Waals surface area contributed by atoms with E-state index in [2.05, 4.69) is 27.7 Å². The van der Waals surface area contributed by atoms with Gasteiger partial charge in [0, 0.05) is 0 Å². The first-order valence-corrected chi connectivity index (χ1v) is 7.90. The standard InChI is InChI=1S/C10H22O2Si/c1-5-13(6-2,7-3)12-9-10(4)8-11-10/h5-9H2,1-4H3. The Morgan fingerprint density at radius 1 is 1.23 bits per heavy atom. The quantitative estimate of drug-likeness (QED) is 0.488. The van der Waals surface area contributed by atoms with Crippen molar-refractivity contribution in [2.24, 2.45) is 0 Å². The van der Waals surface area contributed by atoms with Crippen molar-refractivity contribution in [3.05, 3.63) is 0 Å². The van der Waals surface area contributed by atoms with Gasteiger partial charge in [0.2, 0.25) is 0 Å². The molecule has 0 aromatic rings. The van der Waals surface area contributed by atoms with E-state index in [1.54, 1.807) is 0 Å². The molecule has 13 heavy (non-hydrogen) atoms. The Labute approximate surface area is 82.7 Å². The Kier molecular flexibility index (Phi) is 3.55. The van der Waals surface area contributed by atoms with Crippen molar-refractivity contribution in [2.45, 2.75) is 51.4 Å². The average molecular weight is 202 g/mol. The summed E-state index contributed by atoms with van der Waals surface area (Å²) >= 11 is 0. The second kappa shape index (κ2) is 4.11. The lowest BCUT2D eigenvalue weighted by molar-refractivity contribution is 0.192. The van der Waals surface area contributed by atoms with E-state index < -0.39 is 8.32 Å². The molecule has 0 bridgehead atoms. The van der Waals surface area contributed by atoms with E-state index >= 15 is 0 Å². The van der Waals surface area contributed by atoms with Gasteiger partial charge in [-0.3, -0.25) is 0 Å². The monoisotopic (exact) mass is 202 g/mol. The number of hydrogen-bond acceptors (Lipinski definition) is 2. The zero-order valence-corrected chi connectivity index (χ0v) is 10.4. The minimum atomic E-state index is -1.37. The summed E-state index contributed by atoms with van der Waals surface area (Å²) in [5.74, 6) is 0. The molecule has 3 heteroatoms. The zero-order chi connectivity index (χ0) is 9.95. The minimum absolute atomic E-state index is 0.0672. The van der Waals surface area contributed by atoms with Gasteiger partial charge in [0.25, 0.3) is 0 Å². The fourth-order valence-corrected chi connectivity index (χ4v) is 4.29. The maximum Gasteiger partial charge on any atom is 0.192 e. The van der Waals surface area contributed by atoms with E-state index in [9.17, 15) is 0 Å². The van der Waals surface area contributed by atoms with Crippen molar-refractivity contribution < 1.29 is 9.16 Å². The van der Waals surface area contributed by atoms with Crippen LogP contribution in [0.1, 0.15) is 27.7 Å². The van der Waals surface area contributed by atoms with Gasteiger partial charge in [-0.1, -0.05) is 20.8 Å². The van der Waals surface area contributed by atoms with Crippen LogP contribution in [-0.2, 0) is 9.16 Å². The highest BCUT2D eigenvalue weighted by molar-refractivity contribution is 6.73. The first kappa shape index (κ1) is 11.2. The highest BCUT2D eigenvalue weighted by atomic mass is 28.4. The molecule has 1 aliphatic heterocycles. The van der Waals surface area contributed by atoms with Gasteiger partial charge in [0.15, 0.2) is 8.32 Å². The highest BCUT2D eigenvalue weighted by Crippen LogP contribution is 2.30. The Hall–Kier alpha value is 0.137. The molecular formula is C10H22O2Si. The van der Waals surface area contributed by atoms with Gasteiger partial charge in [-0.2, -0.15) is 0 Å². The smallest absolute Gasteiger partial charge is 0.192 e. The number of rotatable bonds is 6. The highest BCUT2D eigenvalue weighted by Gasteiger charge is 2.42. The molecule has 0 radical (unpaired) electrons. The van der Waals surface area contributed by atoms with Gasteiger partial charge in [0.1, 0.15) is 5.60 Å². The lowest BCUT2D eigenvalue weighted by atomic mass is 10.2. The molecule has 0 amide bonds. The summed E-state index contributed by atoms with van der Waals surface area (Å²) in [6.45, 7) is 10.6. The Morgan fingerprint density at radius 2 is 1.69 bits per heavy atom. The number of epoxide rings is 1. The molecule has 1 atom stereocenters. The minimum Gasteiger partial charge on any atom is -0.414 e. The van der Waals surface area contributed by atoms with Crippen molar-refractivity contribution in [3.63, 3.8) is 0 Å². The van der Waals surface area contributed by atoms with Crippen LogP contribution in [0.5, 0.6) is 0 Å². The van der Waals surface area contributed by atoms with Gasteiger partial charge in [-0.25, -0.2) is 0 Å². The van der Waals surface area contributed by atoms with Crippen molar-refractivity contribution in [1.29, 1.82) is 0 Å². The topological polar surface area (TPSA) is 21.8 Å². The maximum atomic E-state index is 6.12. The molecule has 1 heterocycles. The third kappa shape index (κ3) is 2.79. The van der Waals surface area contributed by atoms with E-state index in [1.165, 1.54) is 18.1 Å². The predicted molar refractivity (Wildman–Crippen MR) is 57.5 cm³/mol. The largest absolute Gasteiger partial charge is 0.414 e. The molecule has 2 nitrogen and oxygen atoms in total. The molecule has 0 saturated carbocycles. The summed E-state index contributed by atoms with van der Waals surface area (Å²) in [6.07, 6.45) is 0. The summed E-state index contributed by atoms with van der Waals surface area (Å²) in [5.41, 5.74) is 0.0672. The fourth-order valence-electron chi connectivity index (χ4n) is 1.57. The van der Waals surface area contributed by atoms with E-state index in [1.807, 2.05) is 0 Å². The first-order chi connectivity index (χ1) is 6.10. The van der Waals surface area contributed by atoms with Gasteiger partial charge in [-0.15, -0.1) is 0 Å². The van der Waals surface area contributed by atoms with Crippen LogP contribution in [0.15, 0.2) is 0 Å². The van der Waals surface area contributed by atoms with Crippen molar-refractivity contribution in [1.82, 2.24) is 0 Å². The van der Waals surface area contributed by atoms with Gasteiger partial charge < -0.3 is 9.16 Å². The van der Waals surface area contributed by atoms with Crippen LogP contribution in [0.2, 0.25) is 18.1 Å². The maximum absolute atomic E-state index is 6.12. The van der Waals surface area contributed by atoms with Crippen LogP contribution in [0.4, 0.5) is 0 Å². The Balaban J connectivity index is 2.37. The lowest BCUT2D eigenvalue weighted by Crippen LogP contribution is -2.38. The number of ether oxygens (including phenoxy) is 1. The van der Waals surface area contributed by atoms with E-state index in [4.69, 9.17) is 9.16 Å². The second-order valence-corrected chi connectivity index (χ2v) is 9.05. The SMILES string of the molecule is CC[Si](CC)(CC)OCC1(C)CO1. The summed E-state index contributed by atoms with van der Waals surface area (Å²) in [6, 6.07) is 3.70. The fraction of sp³-hybridized carbons (Fsp3) is 1.00. The first-order valence-electron chi connectivity index (χ1n) is 5.37. The second-order valence-electron chi connectivity index (χ2n) is 4.27. The summed E-state index contributed by atoms with van der Waals surface area (Å²) in [7, 11) is -1.37. The van der Waals surface area contributed by atoms with Crippen molar-refractivity contribution in [2.75, 3.05) is 13.2 Å². The lowest BCUT2D eigenvalue weighted by Gasteiger charge is -2.28. The molecule has 78 valence electrons. The molecule has 1 fully saturated rings. The Bertz CT molecular complexity index is 154. The van der Waals surface area contributed by atoms with Crippen LogP contribution in [-0.4, -0.2) is 27.1 Å². The molecule has 0 aliphatic carbocycles. The molecule has 1 rings (SSSR count). The molecule has 0 spiro atoms. The third-order valence-corrected chi connectivity index (χ3v) is 7.88. The molecule has 0 N–H and O–H groups in total. The van der Waals surface area contributed by atoms with E-state index in [0.29, 0.717) is 0 Å². The van der Waals surface area contributed by atoms with Crippen LogP contribution < -0.4 is 0 Å². The molecular weight excluding hydrogens is 180 g/mol. The molecule has 1 aliphatic rings. The van der Waals surface area contributed by atoms with Crippen molar-refractivity contribution >= 4 is 8.32 Å². The molecule has 1 saturated heterocycles. The molecule has 0 aromatic heterocycles.